The third-order valence-electron chi connectivity index (χ3n) is 3.85. The third-order valence-corrected chi connectivity index (χ3v) is 3.85. The molecule has 15 heavy (non-hydrogen) atoms. The number of piperazine rings is 1. The first-order valence-corrected chi connectivity index (χ1v) is 5.89. The fourth-order valence-corrected chi connectivity index (χ4v) is 2.40. The molecule has 2 fully saturated rings. The van der Waals surface area contributed by atoms with E-state index in [9.17, 15) is 4.79 Å². The van der Waals surface area contributed by atoms with Crippen LogP contribution < -0.4 is 0 Å². The molecule has 1 unspecified atom stereocenters. The number of nitrogens with zero attached hydrogens (tertiary/aromatic N) is 2. The largest absolute Gasteiger partial charge is 0.480 e. The van der Waals surface area contributed by atoms with Crippen LogP contribution in [0.5, 0.6) is 0 Å². The van der Waals surface area contributed by atoms with Crippen molar-refractivity contribution in [3.05, 3.63) is 0 Å². The molecule has 0 spiro atoms. The third kappa shape index (κ3) is 2.32. The minimum Gasteiger partial charge on any atom is -0.480 e. The van der Waals surface area contributed by atoms with Gasteiger partial charge in [-0.1, -0.05) is 6.42 Å². The summed E-state index contributed by atoms with van der Waals surface area (Å²) in [6.07, 6.45) is 4.05. The minimum absolute atomic E-state index is 0.325. The highest BCUT2D eigenvalue weighted by molar-refractivity contribution is 5.72. The van der Waals surface area contributed by atoms with Crippen LogP contribution in [0.15, 0.2) is 0 Å². The zero-order valence-corrected chi connectivity index (χ0v) is 9.35. The average molecular weight is 212 g/mol. The number of carboxylic acids is 1. The number of hydrogen-bond donors (Lipinski definition) is 1. The van der Waals surface area contributed by atoms with Crippen molar-refractivity contribution in [3.63, 3.8) is 0 Å². The Morgan fingerprint density at radius 1 is 1.27 bits per heavy atom. The summed E-state index contributed by atoms with van der Waals surface area (Å²) in [5, 5.41) is 8.91. The molecule has 1 saturated heterocycles. The Hall–Kier alpha value is -0.610. The highest BCUT2D eigenvalue weighted by atomic mass is 16.4. The number of rotatable bonds is 3. The Morgan fingerprint density at radius 2 is 1.87 bits per heavy atom. The van der Waals surface area contributed by atoms with E-state index in [0.29, 0.717) is 0 Å². The Balaban J connectivity index is 1.78. The molecular formula is C11H20N2O2. The lowest BCUT2D eigenvalue weighted by atomic mass is 9.91. The fourth-order valence-electron chi connectivity index (χ4n) is 2.40. The molecule has 1 atom stereocenters. The van der Waals surface area contributed by atoms with Crippen molar-refractivity contribution >= 4 is 5.97 Å². The Labute approximate surface area is 90.9 Å². The molecule has 0 radical (unpaired) electrons. The molecule has 1 aliphatic carbocycles. The first kappa shape index (κ1) is 10.9. The maximum Gasteiger partial charge on any atom is 0.320 e. The smallest absolute Gasteiger partial charge is 0.320 e. The standard InChI is InChI=1S/C11H20N2O2/c1-9(11(14)15)12-5-7-13(8-6-12)10-3-2-4-10/h9-10H,2-8H2,1H3,(H,14,15). The van der Waals surface area contributed by atoms with Crippen molar-refractivity contribution in [2.75, 3.05) is 26.2 Å². The van der Waals surface area contributed by atoms with Crippen molar-refractivity contribution in [3.8, 4) is 0 Å². The lowest BCUT2D eigenvalue weighted by molar-refractivity contribution is -0.143. The van der Waals surface area contributed by atoms with Crippen molar-refractivity contribution in [1.29, 1.82) is 0 Å². The summed E-state index contributed by atoms with van der Waals surface area (Å²) >= 11 is 0. The van der Waals surface area contributed by atoms with E-state index in [1.807, 2.05) is 0 Å². The molecule has 1 saturated carbocycles. The Kier molecular flexibility index (Phi) is 3.26. The maximum atomic E-state index is 10.8. The van der Waals surface area contributed by atoms with E-state index in [1.54, 1.807) is 6.92 Å². The van der Waals surface area contributed by atoms with Gasteiger partial charge in [0.05, 0.1) is 0 Å². The first-order valence-electron chi connectivity index (χ1n) is 5.89. The molecule has 0 aromatic carbocycles. The number of hydrogen-bond acceptors (Lipinski definition) is 3. The van der Waals surface area contributed by atoms with Crippen molar-refractivity contribution in [1.82, 2.24) is 9.80 Å². The van der Waals surface area contributed by atoms with Gasteiger partial charge in [0.15, 0.2) is 0 Å². The Morgan fingerprint density at radius 3 is 2.27 bits per heavy atom. The molecule has 4 heteroatoms. The molecule has 4 nitrogen and oxygen atoms in total. The van der Waals surface area contributed by atoms with E-state index in [4.69, 9.17) is 5.11 Å². The van der Waals surface area contributed by atoms with Gasteiger partial charge in [0, 0.05) is 32.2 Å². The van der Waals surface area contributed by atoms with Crippen LogP contribution in [0.2, 0.25) is 0 Å². The molecule has 0 aromatic rings. The van der Waals surface area contributed by atoms with Crippen molar-refractivity contribution in [2.24, 2.45) is 0 Å². The number of carbonyl (C=O) groups is 1. The summed E-state index contributed by atoms with van der Waals surface area (Å²) in [4.78, 5) is 15.4. The van der Waals surface area contributed by atoms with E-state index in [1.165, 1.54) is 19.3 Å². The predicted molar refractivity (Wildman–Crippen MR) is 57.9 cm³/mol. The van der Waals surface area contributed by atoms with Crippen LogP contribution in [0.3, 0.4) is 0 Å². The van der Waals surface area contributed by atoms with Gasteiger partial charge in [-0.25, -0.2) is 0 Å². The van der Waals surface area contributed by atoms with Gasteiger partial charge in [-0.05, 0) is 19.8 Å². The lowest BCUT2D eigenvalue weighted by Gasteiger charge is -2.43. The van der Waals surface area contributed by atoms with E-state index in [0.717, 1.165) is 32.2 Å². The van der Waals surface area contributed by atoms with E-state index in [2.05, 4.69) is 9.80 Å². The van der Waals surface area contributed by atoms with E-state index >= 15 is 0 Å². The summed E-state index contributed by atoms with van der Waals surface area (Å²) in [7, 11) is 0. The topological polar surface area (TPSA) is 43.8 Å². The van der Waals surface area contributed by atoms with Crippen LogP contribution in [-0.4, -0.2) is 59.1 Å². The fraction of sp³-hybridized carbons (Fsp3) is 0.909. The maximum absolute atomic E-state index is 10.8. The SMILES string of the molecule is CC(C(=O)O)N1CCN(C2CCC2)CC1. The van der Waals surface area contributed by atoms with E-state index in [-0.39, 0.29) is 6.04 Å². The predicted octanol–water partition coefficient (Wildman–Crippen LogP) is 0.630. The first-order chi connectivity index (χ1) is 7.18. The number of carboxylic acid groups (broad SMARTS) is 1. The summed E-state index contributed by atoms with van der Waals surface area (Å²) < 4.78 is 0. The molecular weight excluding hydrogens is 192 g/mol. The van der Waals surface area contributed by atoms with Gasteiger partial charge < -0.3 is 5.11 Å². The quantitative estimate of drug-likeness (QED) is 0.745. The highest BCUT2D eigenvalue weighted by Crippen LogP contribution is 2.25. The molecule has 2 aliphatic rings. The monoisotopic (exact) mass is 212 g/mol. The summed E-state index contributed by atoms with van der Waals surface area (Å²) in [5.41, 5.74) is 0. The molecule has 0 amide bonds. The highest BCUT2D eigenvalue weighted by Gasteiger charge is 2.30. The second kappa shape index (κ2) is 4.49. The van der Waals surface area contributed by atoms with Gasteiger partial charge in [-0.15, -0.1) is 0 Å². The van der Waals surface area contributed by atoms with Crippen LogP contribution >= 0.6 is 0 Å². The van der Waals surface area contributed by atoms with Crippen LogP contribution in [0, 0.1) is 0 Å². The van der Waals surface area contributed by atoms with Crippen LogP contribution in [0.4, 0.5) is 0 Å². The van der Waals surface area contributed by atoms with Gasteiger partial charge in [-0.2, -0.15) is 0 Å². The van der Waals surface area contributed by atoms with Crippen LogP contribution in [0.25, 0.3) is 0 Å². The molecule has 0 bridgehead atoms. The van der Waals surface area contributed by atoms with E-state index < -0.39 is 5.97 Å². The molecule has 86 valence electrons. The molecule has 2 rings (SSSR count). The molecule has 0 aromatic heterocycles. The van der Waals surface area contributed by atoms with Crippen molar-refractivity contribution < 1.29 is 9.90 Å². The second-order valence-electron chi connectivity index (χ2n) is 4.67. The lowest BCUT2D eigenvalue weighted by Crippen LogP contribution is -2.55. The Bertz CT molecular complexity index is 233. The second-order valence-corrected chi connectivity index (χ2v) is 4.67. The minimum atomic E-state index is -0.702. The number of aliphatic carboxylic acids is 1. The van der Waals surface area contributed by atoms with Gasteiger partial charge in [-0.3, -0.25) is 14.6 Å². The van der Waals surface area contributed by atoms with Gasteiger partial charge in [0.1, 0.15) is 6.04 Å². The molecule has 1 aliphatic heterocycles. The van der Waals surface area contributed by atoms with Gasteiger partial charge in [0.25, 0.3) is 0 Å². The summed E-state index contributed by atoms with van der Waals surface area (Å²) in [6, 6.07) is 0.473. The van der Waals surface area contributed by atoms with Crippen LogP contribution in [0.1, 0.15) is 26.2 Å². The average Bonchev–Trinajstić information content (AvgIpc) is 2.15. The van der Waals surface area contributed by atoms with Crippen molar-refractivity contribution in [2.45, 2.75) is 38.3 Å². The zero-order chi connectivity index (χ0) is 10.8. The summed E-state index contributed by atoms with van der Waals surface area (Å²) in [6.45, 7) is 5.68. The van der Waals surface area contributed by atoms with Crippen LogP contribution in [-0.2, 0) is 4.79 Å². The van der Waals surface area contributed by atoms with Gasteiger partial charge in [0.2, 0.25) is 0 Å². The molecule has 1 heterocycles. The zero-order valence-electron chi connectivity index (χ0n) is 9.35. The van der Waals surface area contributed by atoms with Gasteiger partial charge >= 0.3 is 5.97 Å². The molecule has 1 N–H and O–H groups in total. The normalized spacial score (nSPS) is 27.3. The summed E-state index contributed by atoms with van der Waals surface area (Å²) in [5.74, 6) is -0.702.